The van der Waals surface area contributed by atoms with Gasteiger partial charge in [0.05, 0.1) is 18.3 Å². The first kappa shape index (κ1) is 19.4. The number of amides is 1. The summed E-state index contributed by atoms with van der Waals surface area (Å²) in [7, 11) is 0. The molecule has 1 aliphatic rings. The Labute approximate surface area is 172 Å². The fraction of sp³-hybridized carbons (Fsp3) is 0.286. The molecule has 1 amide bonds. The van der Waals surface area contributed by atoms with Gasteiger partial charge in [-0.1, -0.05) is 35.9 Å². The van der Waals surface area contributed by atoms with Gasteiger partial charge in [0.2, 0.25) is 5.65 Å². The molecule has 7 nitrogen and oxygen atoms in total. The maximum atomic E-state index is 13.1. The second kappa shape index (κ2) is 7.85. The van der Waals surface area contributed by atoms with E-state index in [1.54, 1.807) is 33.8 Å². The highest BCUT2D eigenvalue weighted by atomic mass is 35.5. The minimum atomic E-state index is -0.332. The number of hydrogen-bond acceptors (Lipinski definition) is 4. The lowest BCUT2D eigenvalue weighted by atomic mass is 10.1. The van der Waals surface area contributed by atoms with Gasteiger partial charge in [0.15, 0.2) is 0 Å². The smallest absolute Gasteiger partial charge is 0.295 e. The Kier molecular flexibility index (Phi) is 5.25. The summed E-state index contributed by atoms with van der Waals surface area (Å²) in [5.74, 6) is -0.279. The predicted molar refractivity (Wildman–Crippen MR) is 111 cm³/mol. The van der Waals surface area contributed by atoms with Gasteiger partial charge in [-0.05, 0) is 18.9 Å². The SMILES string of the molecule is C=CCn1c(-c2ccccc2Cl)cn2cc(C(=O)N3CCC[C@@H]3CO)nc2c1=O. The van der Waals surface area contributed by atoms with E-state index in [9.17, 15) is 14.7 Å². The highest BCUT2D eigenvalue weighted by Gasteiger charge is 2.30. The van der Waals surface area contributed by atoms with Gasteiger partial charge >= 0.3 is 0 Å². The van der Waals surface area contributed by atoms with E-state index in [4.69, 9.17) is 11.6 Å². The summed E-state index contributed by atoms with van der Waals surface area (Å²) in [6.07, 6.45) is 6.54. The number of carbonyl (C=O) groups excluding carboxylic acids is 1. The van der Waals surface area contributed by atoms with Crippen LogP contribution in [0.4, 0.5) is 0 Å². The predicted octanol–water partition coefficient (Wildman–Crippen LogP) is 2.60. The molecule has 1 atom stereocenters. The van der Waals surface area contributed by atoms with Crippen LogP contribution >= 0.6 is 11.6 Å². The van der Waals surface area contributed by atoms with Crippen molar-refractivity contribution in [3.8, 4) is 11.3 Å². The molecule has 1 fully saturated rings. The van der Waals surface area contributed by atoms with Crippen LogP contribution < -0.4 is 5.56 Å². The Balaban J connectivity index is 1.86. The topological polar surface area (TPSA) is 79.8 Å². The van der Waals surface area contributed by atoms with Crippen LogP contribution in [-0.4, -0.2) is 49.1 Å². The molecule has 0 aliphatic carbocycles. The highest BCUT2D eigenvalue weighted by Crippen LogP contribution is 2.27. The fourth-order valence-corrected chi connectivity index (χ4v) is 4.05. The summed E-state index contributed by atoms with van der Waals surface area (Å²) in [6.45, 7) is 4.51. The first-order valence-corrected chi connectivity index (χ1v) is 9.83. The summed E-state index contributed by atoms with van der Waals surface area (Å²) >= 11 is 6.36. The largest absolute Gasteiger partial charge is 0.394 e. The molecule has 29 heavy (non-hydrogen) atoms. The summed E-state index contributed by atoms with van der Waals surface area (Å²) in [4.78, 5) is 32.0. The van der Waals surface area contributed by atoms with Crippen molar-refractivity contribution >= 4 is 23.2 Å². The van der Waals surface area contributed by atoms with Gasteiger partial charge in [0, 0.05) is 36.1 Å². The van der Waals surface area contributed by atoms with Gasteiger partial charge in [0.1, 0.15) is 5.69 Å². The lowest BCUT2D eigenvalue weighted by molar-refractivity contribution is 0.0672. The third kappa shape index (κ3) is 3.36. The monoisotopic (exact) mass is 412 g/mol. The van der Waals surface area contributed by atoms with E-state index in [0.717, 1.165) is 12.8 Å². The number of rotatable bonds is 5. The van der Waals surface area contributed by atoms with Crippen LogP contribution in [0.25, 0.3) is 16.9 Å². The molecule has 3 aromatic rings. The average molecular weight is 413 g/mol. The number of aliphatic hydroxyl groups is 1. The number of imidazole rings is 1. The number of allylic oxidation sites excluding steroid dienone is 1. The summed E-state index contributed by atoms with van der Waals surface area (Å²) in [5.41, 5.74) is 1.33. The maximum absolute atomic E-state index is 13.1. The minimum absolute atomic E-state index is 0.0814. The molecular weight excluding hydrogens is 392 g/mol. The Hall–Kier alpha value is -2.90. The average Bonchev–Trinajstić information content (AvgIpc) is 3.37. The summed E-state index contributed by atoms with van der Waals surface area (Å²) in [6, 6.07) is 7.06. The Morgan fingerprint density at radius 2 is 2.14 bits per heavy atom. The van der Waals surface area contributed by atoms with E-state index in [-0.39, 0.29) is 42.0 Å². The molecule has 0 spiro atoms. The molecule has 0 saturated carbocycles. The molecule has 150 valence electrons. The Bertz CT molecular complexity index is 1150. The third-order valence-electron chi connectivity index (χ3n) is 5.25. The van der Waals surface area contributed by atoms with Crippen molar-refractivity contribution in [2.45, 2.75) is 25.4 Å². The quantitative estimate of drug-likeness (QED) is 0.653. The lowest BCUT2D eigenvalue weighted by Gasteiger charge is -2.21. The van der Waals surface area contributed by atoms with Crippen molar-refractivity contribution in [1.82, 2.24) is 18.9 Å². The maximum Gasteiger partial charge on any atom is 0.295 e. The van der Waals surface area contributed by atoms with Crippen LogP contribution in [0.15, 0.2) is 54.1 Å². The van der Waals surface area contributed by atoms with E-state index in [1.165, 1.54) is 4.57 Å². The van der Waals surface area contributed by atoms with E-state index in [1.807, 2.05) is 18.2 Å². The van der Waals surface area contributed by atoms with Crippen molar-refractivity contribution in [3.63, 3.8) is 0 Å². The van der Waals surface area contributed by atoms with E-state index < -0.39 is 0 Å². The summed E-state index contributed by atoms with van der Waals surface area (Å²) in [5, 5.41) is 10.0. The molecular formula is C21H21ClN4O3. The van der Waals surface area contributed by atoms with Crippen molar-refractivity contribution in [2.75, 3.05) is 13.2 Å². The fourth-order valence-electron chi connectivity index (χ4n) is 3.82. The van der Waals surface area contributed by atoms with Gasteiger partial charge in [-0.15, -0.1) is 6.58 Å². The molecule has 1 saturated heterocycles. The first-order valence-electron chi connectivity index (χ1n) is 9.45. The van der Waals surface area contributed by atoms with Gasteiger partial charge in [0.25, 0.3) is 11.5 Å². The number of hydrogen-bond donors (Lipinski definition) is 1. The number of nitrogens with zero attached hydrogens (tertiary/aromatic N) is 4. The van der Waals surface area contributed by atoms with Crippen molar-refractivity contribution in [1.29, 1.82) is 0 Å². The second-order valence-corrected chi connectivity index (χ2v) is 7.44. The molecule has 0 unspecified atom stereocenters. The van der Waals surface area contributed by atoms with E-state index >= 15 is 0 Å². The normalized spacial score (nSPS) is 16.5. The third-order valence-corrected chi connectivity index (χ3v) is 5.58. The molecule has 1 N–H and O–H groups in total. The number of likely N-dealkylation sites (tertiary alicyclic amines) is 1. The molecule has 2 aromatic heterocycles. The van der Waals surface area contributed by atoms with E-state index in [0.29, 0.717) is 22.8 Å². The molecule has 0 bridgehead atoms. The van der Waals surface area contributed by atoms with Crippen molar-refractivity contribution in [2.24, 2.45) is 0 Å². The first-order chi connectivity index (χ1) is 14.0. The molecule has 1 aromatic carbocycles. The van der Waals surface area contributed by atoms with Crippen LogP contribution in [0.2, 0.25) is 5.02 Å². The Morgan fingerprint density at radius 3 is 2.86 bits per heavy atom. The Morgan fingerprint density at radius 1 is 1.34 bits per heavy atom. The lowest BCUT2D eigenvalue weighted by Crippen LogP contribution is -2.37. The van der Waals surface area contributed by atoms with Crippen LogP contribution in [0.5, 0.6) is 0 Å². The molecule has 8 heteroatoms. The second-order valence-electron chi connectivity index (χ2n) is 7.03. The zero-order valence-corrected chi connectivity index (χ0v) is 16.5. The molecule has 0 radical (unpaired) electrons. The molecule has 4 rings (SSSR count). The van der Waals surface area contributed by atoms with Gasteiger partial charge in [-0.25, -0.2) is 4.98 Å². The van der Waals surface area contributed by atoms with Crippen molar-refractivity contribution < 1.29 is 9.90 Å². The molecule has 1 aliphatic heterocycles. The zero-order valence-electron chi connectivity index (χ0n) is 15.8. The van der Waals surface area contributed by atoms with Crippen molar-refractivity contribution in [3.05, 3.63) is 70.4 Å². The molecule has 3 heterocycles. The number of aliphatic hydroxyl groups excluding tert-OH is 1. The van der Waals surface area contributed by atoms with Crippen LogP contribution in [0.3, 0.4) is 0 Å². The number of halogens is 1. The number of aromatic nitrogens is 3. The summed E-state index contributed by atoms with van der Waals surface area (Å²) < 4.78 is 3.11. The van der Waals surface area contributed by atoms with Crippen LogP contribution in [0.1, 0.15) is 23.3 Å². The van der Waals surface area contributed by atoms with E-state index in [2.05, 4.69) is 11.6 Å². The van der Waals surface area contributed by atoms with Gasteiger partial charge < -0.3 is 10.0 Å². The number of fused-ring (bicyclic) bond motifs is 1. The van der Waals surface area contributed by atoms with Crippen LogP contribution in [-0.2, 0) is 6.54 Å². The number of carbonyl (C=O) groups is 1. The zero-order chi connectivity index (χ0) is 20.5. The number of benzene rings is 1. The standard InChI is InChI=1S/C21H21ClN4O3/c1-2-9-26-18(15-7-3-4-8-16(15)22)12-24-11-17(23-19(24)21(26)29)20(28)25-10-5-6-14(25)13-27/h2-4,7-8,11-12,14,27H,1,5-6,9-10,13H2/t14-/m1/s1. The minimum Gasteiger partial charge on any atom is -0.394 e. The van der Waals surface area contributed by atoms with Gasteiger partial charge in [-0.2, -0.15) is 0 Å². The van der Waals surface area contributed by atoms with Crippen LogP contribution in [0, 0.1) is 0 Å². The highest BCUT2D eigenvalue weighted by molar-refractivity contribution is 6.33. The van der Waals surface area contributed by atoms with Gasteiger partial charge in [-0.3, -0.25) is 18.6 Å².